The molecule has 1 saturated carbocycles. The molecule has 2 heteroatoms. The van der Waals surface area contributed by atoms with Crippen LogP contribution in [-0.4, -0.2) is 12.7 Å². The quantitative estimate of drug-likeness (QED) is 0.768. The summed E-state index contributed by atoms with van der Waals surface area (Å²) in [7, 11) is 0. The Balaban J connectivity index is 2.01. The van der Waals surface area contributed by atoms with Crippen LogP contribution >= 0.6 is 0 Å². The van der Waals surface area contributed by atoms with Gasteiger partial charge in [0, 0.05) is 0 Å². The largest absolute Gasteiger partial charge is 0.490 e. The highest BCUT2D eigenvalue weighted by Gasteiger charge is 2.16. The number of ether oxygens (including phenoxy) is 2. The molecule has 0 heterocycles. The van der Waals surface area contributed by atoms with Crippen LogP contribution < -0.4 is 9.47 Å². The molecule has 0 unspecified atom stereocenters. The lowest BCUT2D eigenvalue weighted by Gasteiger charge is -2.24. The second-order valence-corrected chi connectivity index (χ2v) is 4.26. The van der Waals surface area contributed by atoms with Crippen LogP contribution in [0.1, 0.15) is 39.0 Å². The van der Waals surface area contributed by atoms with E-state index in [0.29, 0.717) is 12.7 Å². The van der Waals surface area contributed by atoms with Crippen LogP contribution in [0.4, 0.5) is 0 Å². The smallest absolute Gasteiger partial charge is 0.161 e. The first kappa shape index (κ1) is 11.3. The van der Waals surface area contributed by atoms with Crippen molar-refractivity contribution in [3.63, 3.8) is 0 Å². The van der Waals surface area contributed by atoms with Gasteiger partial charge in [0.25, 0.3) is 0 Å². The predicted molar refractivity (Wildman–Crippen MR) is 65.1 cm³/mol. The highest BCUT2D eigenvalue weighted by molar-refractivity contribution is 5.39. The van der Waals surface area contributed by atoms with Crippen LogP contribution in [0.5, 0.6) is 11.5 Å². The number of rotatable bonds is 4. The molecule has 0 aromatic heterocycles. The lowest BCUT2D eigenvalue weighted by Crippen LogP contribution is -2.19. The van der Waals surface area contributed by atoms with Gasteiger partial charge in [-0.25, -0.2) is 0 Å². The maximum Gasteiger partial charge on any atom is 0.161 e. The maximum absolute atomic E-state index is 6.01. The van der Waals surface area contributed by atoms with Crippen molar-refractivity contribution in [2.75, 3.05) is 6.61 Å². The molecular formula is C14H20O2. The number of benzene rings is 1. The van der Waals surface area contributed by atoms with Gasteiger partial charge in [-0.1, -0.05) is 18.6 Å². The fraction of sp³-hybridized carbons (Fsp3) is 0.571. The van der Waals surface area contributed by atoms with Crippen molar-refractivity contribution in [2.24, 2.45) is 0 Å². The van der Waals surface area contributed by atoms with E-state index in [4.69, 9.17) is 9.47 Å². The standard InChI is InChI=1S/C14H20O2/c1-2-15-13-10-6-7-11-14(13)16-12-8-4-3-5-9-12/h6-7,10-12H,2-5,8-9H2,1H3. The fourth-order valence-corrected chi connectivity index (χ4v) is 2.18. The summed E-state index contributed by atoms with van der Waals surface area (Å²) in [6.07, 6.45) is 6.69. The van der Waals surface area contributed by atoms with Crippen molar-refractivity contribution in [3.05, 3.63) is 24.3 Å². The molecule has 0 aliphatic heterocycles. The van der Waals surface area contributed by atoms with Gasteiger partial charge >= 0.3 is 0 Å². The number of para-hydroxylation sites is 2. The first-order chi connectivity index (χ1) is 7.90. The molecule has 1 aliphatic rings. The van der Waals surface area contributed by atoms with Crippen LogP contribution in [0.25, 0.3) is 0 Å². The van der Waals surface area contributed by atoms with Gasteiger partial charge in [-0.15, -0.1) is 0 Å². The predicted octanol–water partition coefficient (Wildman–Crippen LogP) is 3.80. The topological polar surface area (TPSA) is 18.5 Å². The summed E-state index contributed by atoms with van der Waals surface area (Å²) in [5.41, 5.74) is 0. The molecule has 0 bridgehead atoms. The summed E-state index contributed by atoms with van der Waals surface area (Å²) in [5, 5.41) is 0. The van der Waals surface area contributed by atoms with Gasteiger partial charge in [-0.3, -0.25) is 0 Å². The van der Waals surface area contributed by atoms with Crippen LogP contribution in [-0.2, 0) is 0 Å². The summed E-state index contributed by atoms with van der Waals surface area (Å²) in [4.78, 5) is 0. The molecule has 0 amide bonds. The Bertz CT molecular complexity index is 316. The molecule has 2 nitrogen and oxygen atoms in total. The molecule has 0 N–H and O–H groups in total. The van der Waals surface area contributed by atoms with E-state index in [0.717, 1.165) is 11.5 Å². The molecule has 2 rings (SSSR count). The summed E-state index contributed by atoms with van der Waals surface area (Å²) < 4.78 is 11.6. The van der Waals surface area contributed by atoms with Crippen molar-refractivity contribution < 1.29 is 9.47 Å². The number of hydrogen-bond donors (Lipinski definition) is 0. The molecule has 16 heavy (non-hydrogen) atoms. The van der Waals surface area contributed by atoms with Gasteiger partial charge in [0.15, 0.2) is 11.5 Å². The van der Waals surface area contributed by atoms with Crippen LogP contribution in [0.3, 0.4) is 0 Å². The molecule has 1 aromatic rings. The van der Waals surface area contributed by atoms with Gasteiger partial charge in [0.1, 0.15) is 0 Å². The second-order valence-electron chi connectivity index (χ2n) is 4.26. The molecule has 88 valence electrons. The van der Waals surface area contributed by atoms with Crippen molar-refractivity contribution >= 4 is 0 Å². The monoisotopic (exact) mass is 220 g/mol. The van der Waals surface area contributed by atoms with E-state index in [2.05, 4.69) is 0 Å². The van der Waals surface area contributed by atoms with E-state index in [1.54, 1.807) is 0 Å². The molecule has 0 saturated heterocycles. The van der Waals surface area contributed by atoms with E-state index in [-0.39, 0.29) is 0 Å². The van der Waals surface area contributed by atoms with E-state index in [1.807, 2.05) is 31.2 Å². The molecule has 1 aromatic carbocycles. The highest BCUT2D eigenvalue weighted by atomic mass is 16.5. The average molecular weight is 220 g/mol. The van der Waals surface area contributed by atoms with E-state index < -0.39 is 0 Å². The molecule has 0 spiro atoms. The third-order valence-corrected chi connectivity index (χ3v) is 2.99. The van der Waals surface area contributed by atoms with E-state index in [1.165, 1.54) is 32.1 Å². The second kappa shape index (κ2) is 5.78. The summed E-state index contributed by atoms with van der Waals surface area (Å²) >= 11 is 0. The molecule has 1 aliphatic carbocycles. The van der Waals surface area contributed by atoms with Gasteiger partial charge in [-0.05, 0) is 44.7 Å². The SMILES string of the molecule is CCOc1ccccc1OC1CCCCC1. The molecule has 1 fully saturated rings. The first-order valence-corrected chi connectivity index (χ1v) is 6.28. The van der Waals surface area contributed by atoms with Crippen LogP contribution in [0, 0.1) is 0 Å². The zero-order valence-electron chi connectivity index (χ0n) is 9.95. The molecule has 0 radical (unpaired) electrons. The van der Waals surface area contributed by atoms with Crippen molar-refractivity contribution in [3.8, 4) is 11.5 Å². The summed E-state index contributed by atoms with van der Waals surface area (Å²) in [6.45, 7) is 2.68. The maximum atomic E-state index is 6.01. The van der Waals surface area contributed by atoms with Gasteiger partial charge < -0.3 is 9.47 Å². The Morgan fingerprint density at radius 1 is 1.06 bits per heavy atom. The van der Waals surface area contributed by atoms with Crippen molar-refractivity contribution in [2.45, 2.75) is 45.1 Å². The Hall–Kier alpha value is -1.18. The Morgan fingerprint density at radius 3 is 2.44 bits per heavy atom. The minimum absolute atomic E-state index is 0.385. The third kappa shape index (κ3) is 2.91. The summed E-state index contributed by atoms with van der Waals surface area (Å²) in [5.74, 6) is 1.77. The third-order valence-electron chi connectivity index (χ3n) is 2.99. The fourth-order valence-electron chi connectivity index (χ4n) is 2.18. The zero-order chi connectivity index (χ0) is 11.2. The normalized spacial score (nSPS) is 17.1. The van der Waals surface area contributed by atoms with Gasteiger partial charge in [-0.2, -0.15) is 0 Å². The van der Waals surface area contributed by atoms with Crippen LogP contribution in [0.15, 0.2) is 24.3 Å². The van der Waals surface area contributed by atoms with Gasteiger partial charge in [0.05, 0.1) is 12.7 Å². The lowest BCUT2D eigenvalue weighted by molar-refractivity contribution is 0.148. The molecular weight excluding hydrogens is 200 g/mol. The Labute approximate surface area is 97.6 Å². The minimum Gasteiger partial charge on any atom is -0.490 e. The Morgan fingerprint density at radius 2 is 1.75 bits per heavy atom. The van der Waals surface area contributed by atoms with Gasteiger partial charge in [0.2, 0.25) is 0 Å². The van der Waals surface area contributed by atoms with Crippen molar-refractivity contribution in [1.29, 1.82) is 0 Å². The summed E-state index contributed by atoms with van der Waals surface area (Å²) in [6, 6.07) is 7.96. The van der Waals surface area contributed by atoms with E-state index >= 15 is 0 Å². The first-order valence-electron chi connectivity index (χ1n) is 6.28. The highest BCUT2D eigenvalue weighted by Crippen LogP contribution is 2.30. The minimum atomic E-state index is 0.385. The van der Waals surface area contributed by atoms with Crippen molar-refractivity contribution in [1.82, 2.24) is 0 Å². The molecule has 0 atom stereocenters. The number of hydrogen-bond acceptors (Lipinski definition) is 2. The lowest BCUT2D eigenvalue weighted by atomic mass is 9.98. The Kier molecular flexibility index (Phi) is 4.09. The zero-order valence-corrected chi connectivity index (χ0v) is 9.95. The van der Waals surface area contributed by atoms with E-state index in [9.17, 15) is 0 Å². The van der Waals surface area contributed by atoms with Crippen LogP contribution in [0.2, 0.25) is 0 Å². The average Bonchev–Trinajstić information content (AvgIpc) is 2.33.